The van der Waals surface area contributed by atoms with Crippen molar-refractivity contribution in [2.75, 3.05) is 20.6 Å². The van der Waals surface area contributed by atoms with Crippen LogP contribution in [0.3, 0.4) is 0 Å². The zero-order valence-corrected chi connectivity index (χ0v) is 12.3. The molecule has 0 radical (unpaired) electrons. The first-order chi connectivity index (χ1) is 8.90. The van der Waals surface area contributed by atoms with Gasteiger partial charge in [0.05, 0.1) is 0 Å². The van der Waals surface area contributed by atoms with E-state index >= 15 is 0 Å². The van der Waals surface area contributed by atoms with E-state index in [9.17, 15) is 4.79 Å². The van der Waals surface area contributed by atoms with Crippen molar-refractivity contribution in [2.45, 2.75) is 26.4 Å². The van der Waals surface area contributed by atoms with E-state index in [2.05, 4.69) is 38.2 Å². The van der Waals surface area contributed by atoms with Gasteiger partial charge in [0, 0.05) is 24.7 Å². The molecule has 106 valence electrons. The number of rotatable bonds is 7. The summed E-state index contributed by atoms with van der Waals surface area (Å²) in [5.74, 6) is 0.194. The Morgan fingerprint density at radius 1 is 1.26 bits per heavy atom. The van der Waals surface area contributed by atoms with Crippen LogP contribution in [-0.4, -0.2) is 37.5 Å². The number of hydrogen-bond acceptors (Lipinski definition) is 3. The largest absolute Gasteiger partial charge is 0.366 e. The van der Waals surface area contributed by atoms with Gasteiger partial charge in [-0.3, -0.25) is 4.79 Å². The van der Waals surface area contributed by atoms with Gasteiger partial charge in [-0.05, 0) is 37.7 Å². The fourth-order valence-corrected chi connectivity index (χ4v) is 1.94. The van der Waals surface area contributed by atoms with Crippen molar-refractivity contribution in [3.8, 4) is 0 Å². The molecule has 0 aromatic heterocycles. The third-order valence-corrected chi connectivity index (χ3v) is 3.17. The molecule has 1 aromatic rings. The summed E-state index contributed by atoms with van der Waals surface area (Å²) in [6, 6.07) is 7.89. The molecular weight excluding hydrogens is 238 g/mol. The van der Waals surface area contributed by atoms with Gasteiger partial charge in [0.15, 0.2) is 0 Å². The topological polar surface area (TPSA) is 58.4 Å². The quantitative estimate of drug-likeness (QED) is 0.783. The Labute approximate surface area is 116 Å². The van der Waals surface area contributed by atoms with Gasteiger partial charge in [-0.2, -0.15) is 0 Å². The van der Waals surface area contributed by atoms with Crippen LogP contribution in [0.1, 0.15) is 29.8 Å². The van der Waals surface area contributed by atoms with Crippen LogP contribution in [0.25, 0.3) is 0 Å². The third-order valence-electron chi connectivity index (χ3n) is 3.17. The number of nitrogens with zero attached hydrogens (tertiary/aromatic N) is 1. The van der Waals surface area contributed by atoms with Gasteiger partial charge in [0.2, 0.25) is 5.91 Å². The Morgan fingerprint density at radius 3 is 2.26 bits per heavy atom. The average Bonchev–Trinajstić information content (AvgIpc) is 2.34. The smallest absolute Gasteiger partial charge is 0.248 e. The highest BCUT2D eigenvalue weighted by Gasteiger charge is 2.13. The summed E-state index contributed by atoms with van der Waals surface area (Å²) in [7, 11) is 4.16. The standard InChI is InChI=1S/C15H25N3O/c1-11(2)14(10-18(3)4)17-9-12-5-7-13(8-6-12)15(16)19/h5-8,11,14,17H,9-10H2,1-4H3,(H2,16,19). The number of primary amides is 1. The second-order valence-electron chi connectivity index (χ2n) is 5.55. The molecule has 0 saturated carbocycles. The molecule has 1 rings (SSSR count). The van der Waals surface area contributed by atoms with Crippen molar-refractivity contribution in [2.24, 2.45) is 11.7 Å². The average molecular weight is 263 g/mol. The Kier molecular flexibility index (Phi) is 5.99. The number of carbonyl (C=O) groups excluding carboxylic acids is 1. The SMILES string of the molecule is CC(C)C(CN(C)C)NCc1ccc(C(N)=O)cc1. The molecule has 1 unspecified atom stereocenters. The first kappa shape index (κ1) is 15.7. The Hall–Kier alpha value is -1.39. The lowest BCUT2D eigenvalue weighted by Crippen LogP contribution is -2.41. The fraction of sp³-hybridized carbons (Fsp3) is 0.533. The molecule has 0 aliphatic carbocycles. The summed E-state index contributed by atoms with van der Waals surface area (Å²) in [5.41, 5.74) is 6.94. The number of hydrogen-bond donors (Lipinski definition) is 2. The first-order valence-electron chi connectivity index (χ1n) is 6.67. The van der Waals surface area contributed by atoms with E-state index in [1.165, 1.54) is 0 Å². The summed E-state index contributed by atoms with van der Waals surface area (Å²) >= 11 is 0. The molecule has 0 spiro atoms. The molecule has 4 nitrogen and oxygen atoms in total. The van der Waals surface area contributed by atoms with E-state index in [0.29, 0.717) is 17.5 Å². The highest BCUT2D eigenvalue weighted by Crippen LogP contribution is 2.07. The molecule has 1 aromatic carbocycles. The van der Waals surface area contributed by atoms with Gasteiger partial charge in [0.25, 0.3) is 0 Å². The first-order valence-corrected chi connectivity index (χ1v) is 6.67. The molecule has 0 bridgehead atoms. The number of amides is 1. The molecule has 19 heavy (non-hydrogen) atoms. The van der Waals surface area contributed by atoms with E-state index < -0.39 is 0 Å². The molecule has 1 atom stereocenters. The fourth-order valence-electron chi connectivity index (χ4n) is 1.94. The Bertz CT molecular complexity index is 398. The minimum absolute atomic E-state index is 0.382. The van der Waals surface area contributed by atoms with Crippen molar-refractivity contribution in [3.05, 3.63) is 35.4 Å². The van der Waals surface area contributed by atoms with Crippen molar-refractivity contribution >= 4 is 5.91 Å². The Balaban J connectivity index is 2.56. The second-order valence-corrected chi connectivity index (χ2v) is 5.55. The number of nitrogens with one attached hydrogen (secondary N) is 1. The van der Waals surface area contributed by atoms with E-state index in [1.807, 2.05) is 12.1 Å². The number of nitrogens with two attached hydrogens (primary N) is 1. The summed E-state index contributed by atoms with van der Waals surface area (Å²) in [5, 5.41) is 3.56. The molecule has 4 heteroatoms. The molecule has 0 aliphatic rings. The molecule has 1 amide bonds. The van der Waals surface area contributed by atoms with Crippen molar-refractivity contribution in [1.82, 2.24) is 10.2 Å². The number of benzene rings is 1. The Morgan fingerprint density at radius 2 is 1.84 bits per heavy atom. The van der Waals surface area contributed by atoms with Gasteiger partial charge in [0.1, 0.15) is 0 Å². The van der Waals surface area contributed by atoms with Crippen LogP contribution in [0.2, 0.25) is 0 Å². The molecule has 0 saturated heterocycles. The monoisotopic (exact) mass is 263 g/mol. The van der Waals surface area contributed by atoms with Crippen LogP contribution in [0, 0.1) is 5.92 Å². The molecular formula is C15H25N3O. The highest BCUT2D eigenvalue weighted by molar-refractivity contribution is 5.92. The summed E-state index contributed by atoms with van der Waals surface area (Å²) in [4.78, 5) is 13.2. The molecule has 0 aliphatic heterocycles. The van der Waals surface area contributed by atoms with E-state index in [4.69, 9.17) is 5.73 Å². The van der Waals surface area contributed by atoms with Crippen molar-refractivity contribution < 1.29 is 4.79 Å². The number of likely N-dealkylation sites (N-methyl/N-ethyl adjacent to an activating group) is 1. The zero-order valence-electron chi connectivity index (χ0n) is 12.3. The van der Waals surface area contributed by atoms with Crippen LogP contribution in [0.15, 0.2) is 24.3 Å². The van der Waals surface area contributed by atoms with Crippen LogP contribution in [0.4, 0.5) is 0 Å². The van der Waals surface area contributed by atoms with Gasteiger partial charge in [-0.15, -0.1) is 0 Å². The minimum Gasteiger partial charge on any atom is -0.366 e. The van der Waals surface area contributed by atoms with Gasteiger partial charge < -0.3 is 16.0 Å². The van der Waals surface area contributed by atoms with E-state index in [1.54, 1.807) is 12.1 Å². The van der Waals surface area contributed by atoms with Crippen molar-refractivity contribution in [3.63, 3.8) is 0 Å². The maximum atomic E-state index is 11.0. The normalized spacial score (nSPS) is 12.9. The number of carbonyl (C=O) groups is 1. The molecule has 0 heterocycles. The summed E-state index contributed by atoms with van der Waals surface area (Å²) in [6.07, 6.45) is 0. The summed E-state index contributed by atoms with van der Waals surface area (Å²) < 4.78 is 0. The van der Waals surface area contributed by atoms with Crippen LogP contribution in [0.5, 0.6) is 0 Å². The van der Waals surface area contributed by atoms with Gasteiger partial charge in [-0.25, -0.2) is 0 Å². The van der Waals surface area contributed by atoms with Crippen LogP contribution in [-0.2, 0) is 6.54 Å². The molecule has 3 N–H and O–H groups in total. The predicted octanol–water partition coefficient (Wildman–Crippen LogP) is 1.46. The lowest BCUT2D eigenvalue weighted by atomic mass is 10.0. The maximum absolute atomic E-state index is 11.0. The lowest BCUT2D eigenvalue weighted by molar-refractivity contribution is 0.100. The minimum atomic E-state index is -0.382. The van der Waals surface area contributed by atoms with E-state index in [-0.39, 0.29) is 5.91 Å². The third kappa shape index (κ3) is 5.41. The van der Waals surface area contributed by atoms with E-state index in [0.717, 1.165) is 18.7 Å². The van der Waals surface area contributed by atoms with Gasteiger partial charge >= 0.3 is 0 Å². The zero-order chi connectivity index (χ0) is 14.4. The summed E-state index contributed by atoms with van der Waals surface area (Å²) in [6.45, 7) is 6.25. The second kappa shape index (κ2) is 7.26. The maximum Gasteiger partial charge on any atom is 0.248 e. The van der Waals surface area contributed by atoms with Crippen molar-refractivity contribution in [1.29, 1.82) is 0 Å². The highest BCUT2D eigenvalue weighted by atomic mass is 16.1. The van der Waals surface area contributed by atoms with Gasteiger partial charge in [-0.1, -0.05) is 26.0 Å². The molecule has 0 fully saturated rings. The van der Waals surface area contributed by atoms with Crippen LogP contribution >= 0.6 is 0 Å². The van der Waals surface area contributed by atoms with Crippen LogP contribution < -0.4 is 11.1 Å². The lowest BCUT2D eigenvalue weighted by Gasteiger charge is -2.25. The predicted molar refractivity (Wildman–Crippen MR) is 79.0 cm³/mol.